The number of piperazine rings is 1. The van der Waals surface area contributed by atoms with Gasteiger partial charge >= 0.3 is 11.9 Å². The van der Waals surface area contributed by atoms with E-state index in [0.29, 0.717) is 19.0 Å². The lowest BCUT2D eigenvalue weighted by molar-refractivity contribution is -0.137. The number of rotatable bonds is 6. The van der Waals surface area contributed by atoms with E-state index < -0.39 is 50.4 Å². The second-order valence-corrected chi connectivity index (χ2v) is 13.6. The molecule has 0 bridgehead atoms. The van der Waals surface area contributed by atoms with E-state index in [0.717, 1.165) is 35.6 Å². The molecule has 1 aliphatic carbocycles. The van der Waals surface area contributed by atoms with Crippen LogP contribution in [0.25, 0.3) is 28.0 Å². The van der Waals surface area contributed by atoms with Crippen molar-refractivity contribution < 1.29 is 30.8 Å². The number of aromatic nitrogens is 5. The van der Waals surface area contributed by atoms with Crippen LogP contribution in [-0.4, -0.2) is 75.7 Å². The number of pyridine rings is 3. The second kappa shape index (κ2) is 11.8. The summed E-state index contributed by atoms with van der Waals surface area (Å²) in [5.74, 6) is -1.66. The van der Waals surface area contributed by atoms with Crippen molar-refractivity contribution in [2.75, 3.05) is 30.8 Å². The lowest BCUT2D eigenvalue weighted by atomic mass is 9.82. The zero-order valence-corrected chi connectivity index (χ0v) is 26.1. The molecular weight excluding hydrogens is 642 g/mol. The monoisotopic (exact) mass is 671 g/mol. The number of sulfone groups is 1. The van der Waals surface area contributed by atoms with Gasteiger partial charge in [0.15, 0.2) is 15.5 Å². The normalized spacial score (nSPS) is 17.5. The van der Waals surface area contributed by atoms with Crippen molar-refractivity contribution in [3.8, 4) is 16.9 Å². The van der Waals surface area contributed by atoms with Crippen molar-refractivity contribution in [1.29, 1.82) is 0 Å². The molecule has 11 nitrogen and oxygen atoms in total. The van der Waals surface area contributed by atoms with Gasteiger partial charge < -0.3 is 9.80 Å². The lowest BCUT2D eigenvalue weighted by Crippen LogP contribution is -2.54. The zero-order valence-electron chi connectivity index (χ0n) is 25.3. The Hall–Kier alpha value is -4.73. The Labute approximate surface area is 266 Å². The van der Waals surface area contributed by atoms with Crippen LogP contribution in [0, 0.1) is 5.82 Å². The molecule has 5 heterocycles. The van der Waals surface area contributed by atoms with E-state index in [9.17, 15) is 31.2 Å². The summed E-state index contributed by atoms with van der Waals surface area (Å²) in [5.41, 5.74) is -3.73. The Morgan fingerprint density at radius 1 is 1.13 bits per heavy atom. The van der Waals surface area contributed by atoms with Gasteiger partial charge in [-0.05, 0) is 44.0 Å². The predicted octanol–water partition coefficient (Wildman–Crippen LogP) is 4.29. The van der Waals surface area contributed by atoms with Gasteiger partial charge in [-0.15, -0.1) is 0 Å². The minimum atomic E-state index is -4.92. The van der Waals surface area contributed by atoms with Crippen molar-refractivity contribution in [2.45, 2.75) is 49.2 Å². The fraction of sp³-hybridized carbons (Fsp3) is 0.355. The third-order valence-electron chi connectivity index (χ3n) is 8.60. The molecule has 1 amide bonds. The van der Waals surface area contributed by atoms with Crippen LogP contribution in [0.4, 0.5) is 23.4 Å². The minimum absolute atomic E-state index is 0.0156. The van der Waals surface area contributed by atoms with Crippen molar-refractivity contribution in [1.82, 2.24) is 29.4 Å². The summed E-state index contributed by atoms with van der Waals surface area (Å²) >= 11 is 0. The molecule has 0 radical (unpaired) electrons. The number of fused-ring (bicyclic) bond motifs is 1. The largest absolute Gasteiger partial charge is 0.418 e. The van der Waals surface area contributed by atoms with Gasteiger partial charge in [-0.1, -0.05) is 13.0 Å². The zero-order chi connectivity index (χ0) is 33.8. The molecule has 0 spiro atoms. The molecule has 2 aliphatic rings. The van der Waals surface area contributed by atoms with Gasteiger partial charge in [-0.25, -0.2) is 27.2 Å². The van der Waals surface area contributed by atoms with E-state index in [1.807, 2.05) is 0 Å². The first-order chi connectivity index (χ1) is 22.2. The van der Waals surface area contributed by atoms with Crippen LogP contribution in [0.5, 0.6) is 0 Å². The minimum Gasteiger partial charge on any atom is -0.350 e. The third kappa shape index (κ3) is 5.74. The molecule has 2 fully saturated rings. The Kier molecular flexibility index (Phi) is 8.10. The van der Waals surface area contributed by atoms with Crippen LogP contribution in [0.3, 0.4) is 0 Å². The highest BCUT2D eigenvalue weighted by Gasteiger charge is 2.37. The Morgan fingerprint density at radius 3 is 2.49 bits per heavy atom. The summed E-state index contributed by atoms with van der Waals surface area (Å²) in [6.07, 6.45) is 2.32. The topological polar surface area (TPSA) is 131 Å². The lowest BCUT2D eigenvalue weighted by Gasteiger charge is -2.40. The molecule has 6 rings (SSSR count). The van der Waals surface area contributed by atoms with Gasteiger partial charge in [0, 0.05) is 62.0 Å². The first-order valence-corrected chi connectivity index (χ1v) is 16.6. The summed E-state index contributed by atoms with van der Waals surface area (Å²) in [6.45, 7) is 5.88. The van der Waals surface area contributed by atoms with E-state index in [-0.39, 0.29) is 64.6 Å². The van der Waals surface area contributed by atoms with Gasteiger partial charge in [-0.3, -0.25) is 14.8 Å². The number of halogens is 4. The molecule has 0 N–H and O–H groups in total. The molecule has 1 saturated heterocycles. The van der Waals surface area contributed by atoms with Gasteiger partial charge in [0.1, 0.15) is 17.3 Å². The van der Waals surface area contributed by atoms with Crippen molar-refractivity contribution in [2.24, 2.45) is 0 Å². The molecule has 4 aromatic heterocycles. The van der Waals surface area contributed by atoms with E-state index in [1.54, 1.807) is 16.7 Å². The fourth-order valence-electron chi connectivity index (χ4n) is 6.10. The van der Waals surface area contributed by atoms with Gasteiger partial charge in [0.05, 0.1) is 27.2 Å². The molecule has 4 aromatic rings. The van der Waals surface area contributed by atoms with Crippen LogP contribution in [0.1, 0.15) is 43.4 Å². The van der Waals surface area contributed by atoms with Gasteiger partial charge in [0.2, 0.25) is 5.91 Å². The number of hydrogen-bond donors (Lipinski definition) is 0. The van der Waals surface area contributed by atoms with Gasteiger partial charge in [0.25, 0.3) is 0 Å². The van der Waals surface area contributed by atoms with Crippen LogP contribution in [0.15, 0.2) is 59.1 Å². The highest BCUT2D eigenvalue weighted by molar-refractivity contribution is 7.90. The van der Waals surface area contributed by atoms with Crippen LogP contribution in [0.2, 0.25) is 0 Å². The quantitative estimate of drug-likeness (QED) is 0.218. The molecule has 0 unspecified atom stereocenters. The van der Waals surface area contributed by atoms with E-state index in [4.69, 9.17) is 0 Å². The average Bonchev–Trinajstić information content (AvgIpc) is 2.99. The SMILES string of the molecule is C=CC(=O)N1CCN(c2nc(=O)n(-c3c(S(C)(=O)=O)ccnc3C3CCC3)c3nc(-c4ccncc4C(F)(F)F)c(F)cc23)[C@@H](C)C1. The van der Waals surface area contributed by atoms with E-state index >= 15 is 4.39 Å². The molecular formula is C31H29F4N7O4S. The molecule has 16 heteroatoms. The molecule has 1 aliphatic heterocycles. The molecule has 1 atom stereocenters. The maximum atomic E-state index is 16.0. The third-order valence-corrected chi connectivity index (χ3v) is 9.73. The average molecular weight is 672 g/mol. The molecule has 0 aromatic carbocycles. The fourth-order valence-corrected chi connectivity index (χ4v) is 6.95. The smallest absolute Gasteiger partial charge is 0.350 e. The number of amides is 1. The number of anilines is 1. The first kappa shape index (κ1) is 32.2. The van der Waals surface area contributed by atoms with E-state index in [1.165, 1.54) is 18.3 Å². The number of carbonyl (C=O) groups excluding carboxylic acids is 1. The maximum absolute atomic E-state index is 16.0. The van der Waals surface area contributed by atoms with Gasteiger partial charge in [-0.2, -0.15) is 18.2 Å². The Bertz CT molecular complexity index is 2100. The van der Waals surface area contributed by atoms with Crippen LogP contribution >= 0.6 is 0 Å². The van der Waals surface area contributed by atoms with Crippen molar-refractivity contribution >= 4 is 32.6 Å². The maximum Gasteiger partial charge on any atom is 0.418 e. The highest BCUT2D eigenvalue weighted by Crippen LogP contribution is 2.42. The van der Waals surface area contributed by atoms with Crippen LogP contribution in [-0.2, 0) is 20.8 Å². The molecule has 1 saturated carbocycles. The number of nitrogens with zero attached hydrogens (tertiary/aromatic N) is 7. The first-order valence-electron chi connectivity index (χ1n) is 14.7. The summed E-state index contributed by atoms with van der Waals surface area (Å²) in [4.78, 5) is 46.0. The van der Waals surface area contributed by atoms with Crippen LogP contribution < -0.4 is 10.6 Å². The standard InChI is InChI=1S/C31H29F4N7O4S/c1-4-24(43)40-12-13-41(17(2)16-40)28-20-14-22(32)26(19-8-10-36-15-21(19)31(33,34)35)38-29(20)42(30(44)39-28)27-23(47(3,45)46)9-11-37-25(27)18-6-5-7-18/h4,8-11,14-15,17-18H,1,5-7,12-13,16H2,2-3H3/t17-/m0/s1. The highest BCUT2D eigenvalue weighted by atomic mass is 32.2. The summed E-state index contributed by atoms with van der Waals surface area (Å²) in [5, 5.41) is -0.0494. The molecule has 47 heavy (non-hydrogen) atoms. The number of hydrogen-bond acceptors (Lipinski definition) is 9. The predicted molar refractivity (Wildman–Crippen MR) is 164 cm³/mol. The van der Waals surface area contributed by atoms with Crippen molar-refractivity contribution in [3.63, 3.8) is 0 Å². The second-order valence-electron chi connectivity index (χ2n) is 11.6. The number of alkyl halides is 3. The number of carbonyl (C=O) groups is 1. The molecule has 246 valence electrons. The summed E-state index contributed by atoms with van der Waals surface area (Å²) < 4.78 is 85.3. The van der Waals surface area contributed by atoms with Crippen molar-refractivity contribution in [3.05, 3.63) is 77.0 Å². The summed E-state index contributed by atoms with van der Waals surface area (Å²) in [7, 11) is -4.00. The Morgan fingerprint density at radius 2 is 1.87 bits per heavy atom. The Balaban J connectivity index is 1.69. The van der Waals surface area contributed by atoms with E-state index in [2.05, 4.69) is 26.5 Å². The summed E-state index contributed by atoms with van der Waals surface area (Å²) in [6, 6.07) is 2.71.